The van der Waals surface area contributed by atoms with Crippen LogP contribution < -0.4 is 11.2 Å². The lowest BCUT2D eigenvalue weighted by molar-refractivity contribution is -0.128. The van der Waals surface area contributed by atoms with Gasteiger partial charge in [0, 0.05) is 16.8 Å². The number of allylic oxidation sites excluding steroid dienone is 1. The van der Waals surface area contributed by atoms with Crippen molar-refractivity contribution in [1.82, 2.24) is 5.48 Å². The number of carbonyl (C=O) groups is 2. The zero-order valence-corrected chi connectivity index (χ0v) is 13.9. The third-order valence-electron chi connectivity index (χ3n) is 4.56. The van der Waals surface area contributed by atoms with Crippen molar-refractivity contribution in [3.8, 4) is 0 Å². The predicted octanol–water partition coefficient (Wildman–Crippen LogP) is 2.44. The summed E-state index contributed by atoms with van der Waals surface area (Å²) in [6.07, 6.45) is 4.82. The quantitative estimate of drug-likeness (QED) is 0.306. The van der Waals surface area contributed by atoms with Crippen molar-refractivity contribution in [2.75, 3.05) is 0 Å². The average molecular weight is 345 g/mol. The van der Waals surface area contributed by atoms with Crippen molar-refractivity contribution in [2.45, 2.75) is 38.5 Å². The lowest BCUT2D eigenvalue weighted by Crippen LogP contribution is -2.26. The van der Waals surface area contributed by atoms with E-state index in [4.69, 9.17) is 21.5 Å². The maximum Gasteiger partial charge on any atom is 0.335 e. The van der Waals surface area contributed by atoms with E-state index in [1.807, 2.05) is 0 Å². The minimum atomic E-state index is -1.09. The Bertz CT molecular complexity index is 706. The van der Waals surface area contributed by atoms with Crippen molar-refractivity contribution < 1.29 is 19.9 Å². The van der Waals surface area contributed by atoms with Crippen LogP contribution in [-0.2, 0) is 4.79 Å². The highest BCUT2D eigenvalue weighted by Gasteiger charge is 2.23. The maximum absolute atomic E-state index is 11.7. The van der Waals surface area contributed by atoms with Gasteiger partial charge in [0.15, 0.2) is 0 Å². The first kappa shape index (κ1) is 18.7. The van der Waals surface area contributed by atoms with Gasteiger partial charge in [-0.1, -0.05) is 31.4 Å². The third kappa shape index (κ3) is 4.67. The molecule has 134 valence electrons. The summed E-state index contributed by atoms with van der Waals surface area (Å²) in [5, 5.41) is 26.4. The van der Waals surface area contributed by atoms with Crippen LogP contribution in [0.1, 0.15) is 54.4 Å². The Labute approximate surface area is 146 Å². The standard InChI is InChI=1S/C18H23N3O4/c19-16(11-5-2-1-3-6-11)14(10-15(22)21-25)17(20)12-7-4-8-13(9-12)18(23)24/h4,7-9,11,20,25H,1-3,5-6,10,19H2,(H,21,22)(H,23,24)/b16-14-,20-17?. The molecule has 0 spiro atoms. The lowest BCUT2D eigenvalue weighted by Gasteiger charge is -2.25. The van der Waals surface area contributed by atoms with E-state index in [1.54, 1.807) is 17.6 Å². The smallest absolute Gasteiger partial charge is 0.335 e. The topological polar surface area (TPSA) is 136 Å². The number of rotatable bonds is 6. The van der Waals surface area contributed by atoms with E-state index in [-0.39, 0.29) is 23.6 Å². The molecule has 1 aromatic rings. The summed E-state index contributed by atoms with van der Waals surface area (Å²) >= 11 is 0. The Morgan fingerprint density at radius 2 is 1.84 bits per heavy atom. The minimum absolute atomic E-state index is 0.00905. The Balaban J connectivity index is 2.40. The number of aromatic carboxylic acids is 1. The van der Waals surface area contributed by atoms with E-state index in [9.17, 15) is 9.59 Å². The molecule has 0 atom stereocenters. The van der Waals surface area contributed by atoms with Gasteiger partial charge in [0.05, 0.1) is 17.7 Å². The van der Waals surface area contributed by atoms with E-state index in [2.05, 4.69) is 0 Å². The fourth-order valence-corrected chi connectivity index (χ4v) is 3.18. The van der Waals surface area contributed by atoms with Crippen molar-refractivity contribution in [3.63, 3.8) is 0 Å². The van der Waals surface area contributed by atoms with E-state index < -0.39 is 11.9 Å². The van der Waals surface area contributed by atoms with Gasteiger partial charge in [0.25, 0.3) is 0 Å². The maximum atomic E-state index is 11.7. The Morgan fingerprint density at radius 3 is 2.44 bits per heavy atom. The molecule has 0 saturated heterocycles. The molecule has 1 aliphatic carbocycles. The number of carboxylic acid groups (broad SMARTS) is 1. The lowest BCUT2D eigenvalue weighted by atomic mass is 9.83. The molecule has 1 aromatic carbocycles. The Kier molecular flexibility index (Phi) is 6.30. The van der Waals surface area contributed by atoms with Crippen LogP contribution in [0.25, 0.3) is 0 Å². The number of hydrogen-bond acceptors (Lipinski definition) is 5. The molecule has 0 unspecified atom stereocenters. The van der Waals surface area contributed by atoms with Crippen molar-refractivity contribution >= 4 is 17.6 Å². The Hall–Kier alpha value is -2.67. The molecule has 0 aromatic heterocycles. The molecule has 1 amide bonds. The van der Waals surface area contributed by atoms with Gasteiger partial charge >= 0.3 is 5.97 Å². The van der Waals surface area contributed by atoms with E-state index in [0.29, 0.717) is 16.8 Å². The van der Waals surface area contributed by atoms with Gasteiger partial charge in [-0.15, -0.1) is 0 Å². The second kappa shape index (κ2) is 8.43. The molecule has 0 radical (unpaired) electrons. The normalized spacial score (nSPS) is 16.0. The van der Waals surface area contributed by atoms with Gasteiger partial charge in [-0.2, -0.15) is 0 Å². The highest BCUT2D eigenvalue weighted by molar-refractivity contribution is 6.13. The summed E-state index contributed by atoms with van der Waals surface area (Å²) < 4.78 is 0. The molecule has 1 saturated carbocycles. The molecule has 1 aliphatic rings. The van der Waals surface area contributed by atoms with Gasteiger partial charge in [0.1, 0.15) is 0 Å². The molecule has 7 heteroatoms. The van der Waals surface area contributed by atoms with Gasteiger partial charge in [0.2, 0.25) is 5.91 Å². The first-order valence-corrected chi connectivity index (χ1v) is 8.28. The highest BCUT2D eigenvalue weighted by atomic mass is 16.5. The Morgan fingerprint density at radius 1 is 1.20 bits per heavy atom. The van der Waals surface area contributed by atoms with E-state index in [1.165, 1.54) is 12.1 Å². The number of nitrogens with two attached hydrogens (primary N) is 1. The largest absolute Gasteiger partial charge is 0.478 e. The molecule has 2 rings (SSSR count). The van der Waals surface area contributed by atoms with Gasteiger partial charge in [-0.25, -0.2) is 10.3 Å². The van der Waals surface area contributed by atoms with Crippen LogP contribution in [-0.4, -0.2) is 27.9 Å². The van der Waals surface area contributed by atoms with E-state index >= 15 is 0 Å². The average Bonchev–Trinajstić information content (AvgIpc) is 2.65. The first-order chi connectivity index (χ1) is 11.9. The molecule has 0 heterocycles. The fraction of sp³-hybridized carbons (Fsp3) is 0.389. The summed E-state index contributed by atoms with van der Waals surface area (Å²) in [7, 11) is 0. The van der Waals surface area contributed by atoms with Gasteiger partial charge in [-0.05, 0) is 30.9 Å². The van der Waals surface area contributed by atoms with Crippen LogP contribution in [0.4, 0.5) is 0 Å². The van der Waals surface area contributed by atoms with Crippen LogP contribution in [0.5, 0.6) is 0 Å². The van der Waals surface area contributed by atoms with Gasteiger partial charge < -0.3 is 10.8 Å². The monoisotopic (exact) mass is 345 g/mol. The summed E-state index contributed by atoms with van der Waals surface area (Å²) in [5.74, 6) is -1.65. The van der Waals surface area contributed by atoms with Crippen molar-refractivity contribution in [3.05, 3.63) is 46.7 Å². The SMILES string of the molecule is N=C(/C(CC(=O)NO)=C(\N)C1CCCCC1)c1cccc(C(=O)O)c1. The number of amides is 1. The summed E-state index contributed by atoms with van der Waals surface area (Å²) in [5.41, 5.74) is 9.12. The molecule has 0 bridgehead atoms. The number of hydrogen-bond donors (Lipinski definition) is 5. The molecule has 1 fully saturated rings. The zero-order valence-electron chi connectivity index (χ0n) is 13.9. The molecular formula is C18H23N3O4. The molecule has 0 aliphatic heterocycles. The molecular weight excluding hydrogens is 322 g/mol. The second-order valence-electron chi connectivity index (χ2n) is 6.24. The number of carboxylic acids is 1. The number of benzene rings is 1. The predicted molar refractivity (Wildman–Crippen MR) is 92.6 cm³/mol. The van der Waals surface area contributed by atoms with E-state index in [0.717, 1.165) is 32.1 Å². The third-order valence-corrected chi connectivity index (χ3v) is 4.56. The molecule has 7 nitrogen and oxygen atoms in total. The van der Waals surface area contributed by atoms with Crippen LogP contribution in [0.15, 0.2) is 35.5 Å². The van der Waals surface area contributed by atoms with Crippen LogP contribution in [0.3, 0.4) is 0 Å². The first-order valence-electron chi connectivity index (χ1n) is 8.28. The molecule has 25 heavy (non-hydrogen) atoms. The highest BCUT2D eigenvalue weighted by Crippen LogP contribution is 2.30. The summed E-state index contributed by atoms with van der Waals surface area (Å²) in [6.45, 7) is 0. The van der Waals surface area contributed by atoms with Crippen molar-refractivity contribution in [2.24, 2.45) is 11.7 Å². The molecule has 6 N–H and O–H groups in total. The van der Waals surface area contributed by atoms with Gasteiger partial charge in [-0.3, -0.25) is 15.4 Å². The minimum Gasteiger partial charge on any atom is -0.478 e. The number of nitrogens with one attached hydrogen (secondary N) is 2. The van der Waals surface area contributed by atoms with Crippen LogP contribution in [0.2, 0.25) is 0 Å². The second-order valence-corrected chi connectivity index (χ2v) is 6.24. The summed E-state index contributed by atoms with van der Waals surface area (Å²) in [4.78, 5) is 22.8. The fourth-order valence-electron chi connectivity index (χ4n) is 3.18. The number of hydroxylamine groups is 1. The van der Waals surface area contributed by atoms with Crippen LogP contribution >= 0.6 is 0 Å². The van der Waals surface area contributed by atoms with Crippen LogP contribution in [0, 0.1) is 11.3 Å². The number of carbonyl (C=O) groups excluding carboxylic acids is 1. The zero-order chi connectivity index (χ0) is 18.4. The summed E-state index contributed by atoms with van der Waals surface area (Å²) in [6, 6.07) is 5.98. The van der Waals surface area contributed by atoms with Crippen molar-refractivity contribution in [1.29, 1.82) is 5.41 Å².